The fraction of sp³-hybridized carbons (Fsp3) is 0.406. The SMILES string of the molecule is C#C/C=C(\C(C#N)=C/C)N1CCC(Nc2c(C)cc(C)c(C(=O)N3CC(=O)N(c4cccnn4)[C@H](CO)C3)c2C)CC1. The molecule has 10 heteroatoms. The molecule has 0 unspecified atom stereocenters. The van der Waals surface area contributed by atoms with Crippen molar-refractivity contribution in [3.05, 3.63) is 70.1 Å². The van der Waals surface area contributed by atoms with Gasteiger partial charge in [0.2, 0.25) is 5.91 Å². The number of anilines is 2. The van der Waals surface area contributed by atoms with Gasteiger partial charge < -0.3 is 20.2 Å². The number of nitriles is 1. The number of benzene rings is 1. The van der Waals surface area contributed by atoms with Crippen LogP contribution in [0.15, 0.2) is 47.8 Å². The van der Waals surface area contributed by atoms with Gasteiger partial charge in [0, 0.05) is 49.2 Å². The van der Waals surface area contributed by atoms with Crippen LogP contribution in [-0.4, -0.2) is 81.8 Å². The van der Waals surface area contributed by atoms with E-state index >= 15 is 0 Å². The van der Waals surface area contributed by atoms with Crippen LogP contribution >= 0.6 is 0 Å². The fourth-order valence-electron chi connectivity index (χ4n) is 5.93. The van der Waals surface area contributed by atoms with Gasteiger partial charge in [-0.3, -0.25) is 14.5 Å². The van der Waals surface area contributed by atoms with Crippen LogP contribution in [0.2, 0.25) is 0 Å². The smallest absolute Gasteiger partial charge is 0.255 e. The molecule has 1 atom stereocenters. The zero-order valence-corrected chi connectivity index (χ0v) is 24.6. The molecule has 2 aliphatic rings. The molecule has 4 rings (SSSR count). The molecule has 0 aliphatic carbocycles. The largest absolute Gasteiger partial charge is 0.394 e. The van der Waals surface area contributed by atoms with Gasteiger partial charge in [-0.05, 0) is 69.4 Å². The van der Waals surface area contributed by atoms with Crippen LogP contribution in [0, 0.1) is 44.4 Å². The molecule has 2 aliphatic heterocycles. The van der Waals surface area contributed by atoms with E-state index < -0.39 is 6.04 Å². The quantitative estimate of drug-likeness (QED) is 0.297. The van der Waals surface area contributed by atoms with Gasteiger partial charge in [0.15, 0.2) is 5.82 Å². The Kier molecular flexibility index (Phi) is 9.61. The highest BCUT2D eigenvalue weighted by molar-refractivity contribution is 6.04. The first-order chi connectivity index (χ1) is 20.2. The second kappa shape index (κ2) is 13.3. The summed E-state index contributed by atoms with van der Waals surface area (Å²) < 4.78 is 0. The minimum absolute atomic E-state index is 0.121. The number of aliphatic hydroxyl groups is 1. The molecule has 2 N–H and O–H groups in total. The molecule has 2 amide bonds. The van der Waals surface area contributed by atoms with Crippen molar-refractivity contribution in [1.29, 1.82) is 5.26 Å². The lowest BCUT2D eigenvalue weighted by atomic mass is 9.94. The fourth-order valence-corrected chi connectivity index (χ4v) is 5.93. The molecule has 218 valence electrons. The summed E-state index contributed by atoms with van der Waals surface area (Å²) in [5.74, 6) is 2.35. The Morgan fingerprint density at radius 1 is 1.24 bits per heavy atom. The number of hydrogen-bond donors (Lipinski definition) is 2. The summed E-state index contributed by atoms with van der Waals surface area (Å²) in [6.45, 7) is 8.91. The van der Waals surface area contributed by atoms with Crippen molar-refractivity contribution >= 4 is 23.3 Å². The Morgan fingerprint density at radius 3 is 2.57 bits per heavy atom. The van der Waals surface area contributed by atoms with E-state index in [1.807, 2.05) is 33.8 Å². The number of rotatable bonds is 7. The first kappa shape index (κ1) is 30.3. The summed E-state index contributed by atoms with van der Waals surface area (Å²) in [5.41, 5.74) is 5.51. The number of carbonyl (C=O) groups is 2. The van der Waals surface area contributed by atoms with Gasteiger partial charge >= 0.3 is 0 Å². The number of terminal acetylenes is 1. The van der Waals surface area contributed by atoms with Crippen LogP contribution in [-0.2, 0) is 4.79 Å². The Labute approximate surface area is 247 Å². The first-order valence-electron chi connectivity index (χ1n) is 14.1. The van der Waals surface area contributed by atoms with Crippen molar-refractivity contribution < 1.29 is 14.7 Å². The van der Waals surface area contributed by atoms with Gasteiger partial charge in [0.05, 0.1) is 23.9 Å². The van der Waals surface area contributed by atoms with Crippen molar-refractivity contribution in [2.24, 2.45) is 0 Å². The van der Waals surface area contributed by atoms with Crippen molar-refractivity contribution in [2.75, 3.05) is 43.0 Å². The minimum Gasteiger partial charge on any atom is -0.394 e. The maximum absolute atomic E-state index is 13.9. The zero-order chi connectivity index (χ0) is 30.4. The summed E-state index contributed by atoms with van der Waals surface area (Å²) in [6, 6.07) is 7.11. The molecular formula is C32H37N7O3. The Bertz CT molecular complexity index is 1480. The number of amides is 2. The second-order valence-electron chi connectivity index (χ2n) is 10.7. The third kappa shape index (κ3) is 6.14. The Hall–Kier alpha value is -4.67. The molecular weight excluding hydrogens is 530 g/mol. The average molecular weight is 568 g/mol. The lowest BCUT2D eigenvalue weighted by molar-refractivity contribution is -0.122. The molecule has 0 bridgehead atoms. The number of aliphatic hydroxyl groups excluding tert-OH is 1. The van der Waals surface area contributed by atoms with Crippen LogP contribution < -0.4 is 10.2 Å². The van der Waals surface area contributed by atoms with E-state index in [9.17, 15) is 20.0 Å². The molecule has 10 nitrogen and oxygen atoms in total. The number of aryl methyl sites for hydroxylation is 2. The van der Waals surface area contributed by atoms with Gasteiger partial charge in [0.25, 0.3) is 5.91 Å². The average Bonchev–Trinajstić information content (AvgIpc) is 2.99. The van der Waals surface area contributed by atoms with E-state index in [1.54, 1.807) is 24.3 Å². The highest BCUT2D eigenvalue weighted by atomic mass is 16.3. The van der Waals surface area contributed by atoms with Crippen molar-refractivity contribution in [1.82, 2.24) is 20.0 Å². The van der Waals surface area contributed by atoms with Gasteiger partial charge in [-0.15, -0.1) is 11.5 Å². The van der Waals surface area contributed by atoms with Crippen LogP contribution in [0.25, 0.3) is 0 Å². The molecule has 42 heavy (non-hydrogen) atoms. The number of likely N-dealkylation sites (tertiary alicyclic amines) is 1. The van der Waals surface area contributed by atoms with E-state index in [0.29, 0.717) is 17.0 Å². The van der Waals surface area contributed by atoms with E-state index in [2.05, 4.69) is 32.4 Å². The number of nitrogens with one attached hydrogen (secondary N) is 1. The number of piperidine rings is 1. The highest BCUT2D eigenvalue weighted by Crippen LogP contribution is 2.31. The highest BCUT2D eigenvalue weighted by Gasteiger charge is 2.37. The minimum atomic E-state index is -0.627. The van der Waals surface area contributed by atoms with Gasteiger partial charge in [-0.2, -0.15) is 10.4 Å². The maximum atomic E-state index is 13.9. The number of allylic oxidation sites excluding steroid dienone is 3. The number of hydrogen-bond acceptors (Lipinski definition) is 8. The van der Waals surface area contributed by atoms with Crippen LogP contribution in [0.3, 0.4) is 0 Å². The topological polar surface area (TPSA) is 126 Å². The standard InChI is InChI=1S/C32H37N7O3/c1-6-9-27(24(7-2)17-33)37-14-11-25(12-15-37)35-31-22(4)16-21(3)30(23(31)5)32(42)38-18-26(20-40)39(29(41)19-38)28-10-8-13-34-36-28/h1,7-10,13,16,25-26,35,40H,11-12,14-15,18-20H2,2-5H3/b24-7-,27-9+/t26-/m0/s1. The molecule has 0 saturated carbocycles. The molecule has 2 aromatic rings. The lowest BCUT2D eigenvalue weighted by Gasteiger charge is -2.40. The lowest BCUT2D eigenvalue weighted by Crippen LogP contribution is -2.59. The predicted molar refractivity (Wildman–Crippen MR) is 161 cm³/mol. The summed E-state index contributed by atoms with van der Waals surface area (Å²) in [5, 5.41) is 31.2. The normalized spacial score (nSPS) is 18.5. The second-order valence-corrected chi connectivity index (χ2v) is 10.7. The summed E-state index contributed by atoms with van der Waals surface area (Å²) in [6.07, 6.45) is 12.1. The molecule has 0 spiro atoms. The van der Waals surface area contributed by atoms with Crippen LogP contribution in [0.5, 0.6) is 0 Å². The molecule has 3 heterocycles. The van der Waals surface area contributed by atoms with E-state index in [4.69, 9.17) is 6.42 Å². The van der Waals surface area contributed by atoms with Crippen molar-refractivity contribution in [3.63, 3.8) is 0 Å². The maximum Gasteiger partial charge on any atom is 0.255 e. The predicted octanol–water partition coefficient (Wildman–Crippen LogP) is 3.12. The number of nitrogens with zero attached hydrogens (tertiary/aromatic N) is 6. The van der Waals surface area contributed by atoms with E-state index in [-0.39, 0.29) is 37.6 Å². The zero-order valence-electron chi connectivity index (χ0n) is 24.6. The summed E-state index contributed by atoms with van der Waals surface area (Å²) in [4.78, 5) is 32.1. The van der Waals surface area contributed by atoms with Crippen LogP contribution in [0.1, 0.15) is 46.8 Å². The monoisotopic (exact) mass is 567 g/mol. The van der Waals surface area contributed by atoms with Gasteiger partial charge in [-0.25, -0.2) is 0 Å². The number of piperazine rings is 1. The molecule has 0 radical (unpaired) electrons. The summed E-state index contributed by atoms with van der Waals surface area (Å²) in [7, 11) is 0. The van der Waals surface area contributed by atoms with Crippen LogP contribution in [0.4, 0.5) is 11.5 Å². The summed E-state index contributed by atoms with van der Waals surface area (Å²) >= 11 is 0. The third-order valence-corrected chi connectivity index (χ3v) is 7.97. The van der Waals surface area contributed by atoms with Gasteiger partial charge in [0.1, 0.15) is 12.6 Å². The molecule has 2 fully saturated rings. The van der Waals surface area contributed by atoms with E-state index in [0.717, 1.165) is 54.0 Å². The first-order valence-corrected chi connectivity index (χ1v) is 14.1. The third-order valence-electron chi connectivity index (χ3n) is 7.97. The number of aromatic nitrogens is 2. The van der Waals surface area contributed by atoms with Crippen molar-refractivity contribution in [2.45, 2.75) is 52.6 Å². The molecule has 2 saturated heterocycles. The Balaban J connectivity index is 1.52. The number of carbonyl (C=O) groups excluding carboxylic acids is 2. The molecule has 1 aromatic carbocycles. The van der Waals surface area contributed by atoms with Crippen molar-refractivity contribution in [3.8, 4) is 18.4 Å². The van der Waals surface area contributed by atoms with Gasteiger partial charge in [-0.1, -0.05) is 18.1 Å². The van der Waals surface area contributed by atoms with E-state index in [1.165, 1.54) is 16.0 Å². The molecule has 1 aromatic heterocycles. The Morgan fingerprint density at radius 2 is 1.98 bits per heavy atom.